The van der Waals surface area contributed by atoms with Crippen molar-refractivity contribution in [3.63, 3.8) is 0 Å². The van der Waals surface area contributed by atoms with E-state index in [0.717, 1.165) is 0 Å². The predicted molar refractivity (Wildman–Crippen MR) is 63.0 cm³/mol. The smallest absolute Gasteiger partial charge is 0.278 e. The SMILES string of the molecule is O=C1CCC(F)(F)[C@@](CF)(c2cc([N+](=O)[O-])cc(F)c2F)N1. The maximum atomic E-state index is 14.1. The Morgan fingerprint density at radius 3 is 2.50 bits per heavy atom. The molecule has 1 aromatic rings. The predicted octanol–water partition coefficient (Wildman–Crippen LogP) is 2.58. The van der Waals surface area contributed by atoms with Gasteiger partial charge < -0.3 is 5.32 Å². The zero-order valence-electron chi connectivity index (χ0n) is 10.8. The van der Waals surface area contributed by atoms with Crippen LogP contribution in [0.1, 0.15) is 18.4 Å². The molecule has 0 aromatic heterocycles. The molecule has 1 fully saturated rings. The van der Waals surface area contributed by atoms with Gasteiger partial charge in [0.05, 0.1) is 11.0 Å². The van der Waals surface area contributed by atoms with Gasteiger partial charge in [-0.3, -0.25) is 14.9 Å². The number of rotatable bonds is 3. The van der Waals surface area contributed by atoms with Crippen molar-refractivity contribution in [2.24, 2.45) is 0 Å². The van der Waals surface area contributed by atoms with Gasteiger partial charge in [-0.05, 0) is 0 Å². The van der Waals surface area contributed by atoms with Gasteiger partial charge in [-0.1, -0.05) is 0 Å². The lowest BCUT2D eigenvalue weighted by Gasteiger charge is -2.42. The Labute approximate surface area is 120 Å². The maximum absolute atomic E-state index is 14.1. The first-order chi connectivity index (χ1) is 10.1. The van der Waals surface area contributed by atoms with Crippen LogP contribution in [0.15, 0.2) is 12.1 Å². The topological polar surface area (TPSA) is 72.2 Å². The summed E-state index contributed by atoms with van der Waals surface area (Å²) in [5.41, 5.74) is -5.50. The minimum atomic E-state index is -3.95. The molecular formula is C12H9F5N2O3. The molecule has 1 atom stereocenters. The molecule has 1 aromatic carbocycles. The molecule has 1 aliphatic rings. The zero-order valence-corrected chi connectivity index (χ0v) is 10.8. The fourth-order valence-electron chi connectivity index (χ4n) is 2.33. The second-order valence-electron chi connectivity index (χ2n) is 4.84. The number of halogens is 5. The fraction of sp³-hybridized carbons (Fsp3) is 0.417. The van der Waals surface area contributed by atoms with Crippen molar-refractivity contribution in [1.82, 2.24) is 5.32 Å². The van der Waals surface area contributed by atoms with Crippen LogP contribution in [0.2, 0.25) is 0 Å². The van der Waals surface area contributed by atoms with E-state index in [1.54, 1.807) is 5.32 Å². The van der Waals surface area contributed by atoms with Crippen molar-refractivity contribution < 1.29 is 31.7 Å². The summed E-state index contributed by atoms with van der Waals surface area (Å²) in [7, 11) is 0. The molecule has 1 N–H and O–H groups in total. The number of carbonyl (C=O) groups excluding carboxylic acids is 1. The van der Waals surface area contributed by atoms with Crippen molar-refractivity contribution in [2.75, 3.05) is 6.67 Å². The van der Waals surface area contributed by atoms with Crippen molar-refractivity contribution in [3.05, 3.63) is 39.4 Å². The first-order valence-electron chi connectivity index (χ1n) is 6.03. The molecule has 10 heteroatoms. The second-order valence-corrected chi connectivity index (χ2v) is 4.84. The highest BCUT2D eigenvalue weighted by Crippen LogP contribution is 2.46. The highest BCUT2D eigenvalue weighted by Gasteiger charge is 2.60. The van der Waals surface area contributed by atoms with Crippen LogP contribution < -0.4 is 5.32 Å². The number of nitro benzene ring substituents is 1. The van der Waals surface area contributed by atoms with Gasteiger partial charge in [-0.25, -0.2) is 22.0 Å². The third kappa shape index (κ3) is 2.28. The molecule has 1 aliphatic heterocycles. The Balaban J connectivity index is 2.74. The molecule has 1 amide bonds. The van der Waals surface area contributed by atoms with Gasteiger partial charge in [0, 0.05) is 24.5 Å². The van der Waals surface area contributed by atoms with Gasteiger partial charge in [0.15, 0.2) is 17.2 Å². The number of hydrogen-bond acceptors (Lipinski definition) is 3. The summed E-state index contributed by atoms with van der Waals surface area (Å²) in [6.45, 7) is -1.96. The van der Waals surface area contributed by atoms with Gasteiger partial charge in [-0.2, -0.15) is 0 Å². The largest absolute Gasteiger partial charge is 0.339 e. The normalized spacial score (nSPS) is 24.0. The Morgan fingerprint density at radius 2 is 1.95 bits per heavy atom. The molecule has 0 saturated carbocycles. The number of nitro groups is 1. The lowest BCUT2D eigenvalue weighted by Crippen LogP contribution is -2.63. The van der Waals surface area contributed by atoms with Crippen LogP contribution >= 0.6 is 0 Å². The van der Waals surface area contributed by atoms with Gasteiger partial charge >= 0.3 is 0 Å². The van der Waals surface area contributed by atoms with E-state index in [2.05, 4.69) is 0 Å². The number of nitrogens with zero attached hydrogens (tertiary/aromatic N) is 1. The van der Waals surface area contributed by atoms with Crippen LogP contribution in [-0.2, 0) is 10.3 Å². The minimum Gasteiger partial charge on any atom is -0.339 e. The number of benzene rings is 1. The van der Waals surface area contributed by atoms with E-state index in [9.17, 15) is 36.9 Å². The summed E-state index contributed by atoms with van der Waals surface area (Å²) in [4.78, 5) is 20.9. The molecule has 0 unspecified atom stereocenters. The molecule has 1 heterocycles. The summed E-state index contributed by atoms with van der Waals surface area (Å²) in [5.74, 6) is -8.59. The highest BCUT2D eigenvalue weighted by atomic mass is 19.3. The monoisotopic (exact) mass is 324 g/mol. The molecule has 0 aliphatic carbocycles. The average molecular weight is 324 g/mol. The maximum Gasteiger partial charge on any atom is 0.278 e. The molecule has 0 radical (unpaired) electrons. The number of non-ortho nitro benzene ring substituents is 1. The van der Waals surface area contributed by atoms with E-state index in [1.807, 2.05) is 0 Å². The van der Waals surface area contributed by atoms with E-state index >= 15 is 0 Å². The van der Waals surface area contributed by atoms with Crippen LogP contribution in [0, 0.1) is 21.7 Å². The lowest BCUT2D eigenvalue weighted by atomic mass is 9.79. The summed E-state index contributed by atoms with van der Waals surface area (Å²) < 4.78 is 68.9. The number of nitrogens with one attached hydrogen (secondary N) is 1. The quantitative estimate of drug-likeness (QED) is 0.528. The molecule has 2 rings (SSSR count). The van der Waals surface area contributed by atoms with Crippen molar-refractivity contribution in [3.8, 4) is 0 Å². The molecule has 1 saturated heterocycles. The number of alkyl halides is 3. The summed E-state index contributed by atoms with van der Waals surface area (Å²) >= 11 is 0. The molecule has 120 valence electrons. The second kappa shape index (κ2) is 5.18. The lowest BCUT2D eigenvalue weighted by molar-refractivity contribution is -0.385. The Morgan fingerprint density at radius 1 is 1.32 bits per heavy atom. The fourth-order valence-corrected chi connectivity index (χ4v) is 2.33. The summed E-state index contributed by atoms with van der Waals surface area (Å²) in [6.07, 6.45) is -1.72. The standard InChI is InChI=1S/C12H9F5N2O3/c13-5-11(12(16,17)2-1-9(20)18-11)7-3-6(19(21)22)4-8(14)10(7)15/h3-4H,1-2,5H2,(H,18,20)/t11-/m1/s1. The minimum absolute atomic E-state index is 0.188. The third-order valence-corrected chi connectivity index (χ3v) is 3.53. The molecule has 0 spiro atoms. The number of piperidine rings is 1. The van der Waals surface area contributed by atoms with E-state index in [-0.39, 0.29) is 6.07 Å². The molecule has 22 heavy (non-hydrogen) atoms. The van der Waals surface area contributed by atoms with Gasteiger partial charge in [-0.15, -0.1) is 0 Å². The van der Waals surface area contributed by atoms with E-state index in [0.29, 0.717) is 6.07 Å². The van der Waals surface area contributed by atoms with Crippen LogP contribution in [0.4, 0.5) is 27.6 Å². The van der Waals surface area contributed by atoms with E-state index < -0.39 is 64.7 Å². The van der Waals surface area contributed by atoms with Gasteiger partial charge in [0.1, 0.15) is 6.67 Å². The van der Waals surface area contributed by atoms with Crippen LogP contribution in [0.3, 0.4) is 0 Å². The van der Waals surface area contributed by atoms with Crippen LogP contribution in [0.5, 0.6) is 0 Å². The average Bonchev–Trinajstić information content (AvgIpc) is 2.44. The number of carbonyl (C=O) groups is 1. The van der Waals surface area contributed by atoms with Crippen molar-refractivity contribution >= 4 is 11.6 Å². The van der Waals surface area contributed by atoms with E-state index in [4.69, 9.17) is 0 Å². The Kier molecular flexibility index (Phi) is 3.80. The van der Waals surface area contributed by atoms with Crippen molar-refractivity contribution in [2.45, 2.75) is 24.3 Å². The molecule has 5 nitrogen and oxygen atoms in total. The zero-order chi connectivity index (χ0) is 16.7. The number of amides is 1. The van der Waals surface area contributed by atoms with Gasteiger partial charge in [0.2, 0.25) is 5.91 Å². The first-order valence-corrected chi connectivity index (χ1v) is 6.03. The van der Waals surface area contributed by atoms with Gasteiger partial charge in [0.25, 0.3) is 11.6 Å². The first kappa shape index (κ1) is 16.1. The molecular weight excluding hydrogens is 315 g/mol. The van der Waals surface area contributed by atoms with E-state index in [1.165, 1.54) is 0 Å². The third-order valence-electron chi connectivity index (χ3n) is 3.53. The summed E-state index contributed by atoms with van der Waals surface area (Å²) in [5, 5.41) is 12.3. The van der Waals surface area contributed by atoms with Crippen molar-refractivity contribution in [1.29, 1.82) is 0 Å². The highest BCUT2D eigenvalue weighted by molar-refractivity contribution is 5.78. The Bertz CT molecular complexity index is 652. The Hall–Kier alpha value is -2.26. The number of hydrogen-bond donors (Lipinski definition) is 1. The van der Waals surface area contributed by atoms with Crippen LogP contribution in [-0.4, -0.2) is 23.4 Å². The van der Waals surface area contributed by atoms with Crippen LogP contribution in [0.25, 0.3) is 0 Å². The molecule has 0 bridgehead atoms. The summed E-state index contributed by atoms with van der Waals surface area (Å²) in [6, 6.07) is 0.491.